The molecule has 0 aliphatic heterocycles. The Kier molecular flexibility index (Phi) is 4.66. The average molecular weight is 390 g/mol. The molecular weight excluding hydrogens is 373 g/mol. The van der Waals surface area contributed by atoms with E-state index in [-0.39, 0.29) is 23.4 Å². The maximum atomic E-state index is 13.5. The van der Waals surface area contributed by atoms with Gasteiger partial charge in [-0.2, -0.15) is 0 Å². The lowest BCUT2D eigenvalue weighted by Crippen LogP contribution is -2.32. The minimum Gasteiger partial charge on any atom is -0.342 e. The van der Waals surface area contributed by atoms with Crippen molar-refractivity contribution in [3.05, 3.63) is 64.1 Å². The molecular formula is C18H17BrFN3O. The molecule has 2 aromatic carbocycles. The second-order valence-electron chi connectivity index (χ2n) is 5.99. The van der Waals surface area contributed by atoms with Gasteiger partial charge in [0.2, 0.25) is 0 Å². The zero-order valence-corrected chi connectivity index (χ0v) is 14.9. The first kappa shape index (κ1) is 16.6. The number of carbonyl (C=O) groups excluding carboxylic acids is 1. The monoisotopic (exact) mass is 389 g/mol. The lowest BCUT2D eigenvalue weighted by Gasteiger charge is -2.20. The third-order valence-electron chi connectivity index (χ3n) is 3.78. The molecule has 3 aromatic rings. The van der Waals surface area contributed by atoms with Gasteiger partial charge in [0.05, 0.1) is 17.1 Å². The molecule has 3 rings (SSSR count). The van der Waals surface area contributed by atoms with Gasteiger partial charge in [-0.3, -0.25) is 4.79 Å². The van der Waals surface area contributed by atoms with Crippen molar-refractivity contribution in [3.63, 3.8) is 0 Å². The Morgan fingerprint density at radius 2 is 2.00 bits per heavy atom. The smallest absolute Gasteiger partial charge is 0.252 e. The number of halogens is 2. The number of para-hydroxylation sites is 2. The fourth-order valence-electron chi connectivity index (χ4n) is 2.58. The molecule has 0 aliphatic carbocycles. The zero-order chi connectivity index (χ0) is 17.3. The molecule has 4 nitrogen and oxygen atoms in total. The summed E-state index contributed by atoms with van der Waals surface area (Å²) in [5.74, 6) is 0.00949. The van der Waals surface area contributed by atoms with E-state index in [4.69, 9.17) is 0 Å². The van der Waals surface area contributed by atoms with Crippen LogP contribution in [0.5, 0.6) is 0 Å². The molecule has 124 valence electrons. The lowest BCUT2D eigenvalue weighted by atomic mass is 10.0. The number of fused-ring (bicyclic) bond motifs is 1. The van der Waals surface area contributed by atoms with E-state index in [1.54, 1.807) is 6.07 Å². The molecule has 0 fully saturated rings. The van der Waals surface area contributed by atoms with E-state index in [2.05, 4.69) is 31.2 Å². The number of aromatic nitrogens is 2. The maximum absolute atomic E-state index is 13.5. The molecule has 1 heterocycles. The largest absolute Gasteiger partial charge is 0.342 e. The van der Waals surface area contributed by atoms with Crippen LogP contribution in [0, 0.1) is 11.7 Å². The van der Waals surface area contributed by atoms with E-state index >= 15 is 0 Å². The van der Waals surface area contributed by atoms with Gasteiger partial charge in [-0.05, 0) is 36.2 Å². The number of imidazole rings is 1. The summed E-state index contributed by atoms with van der Waals surface area (Å²) in [5.41, 5.74) is 2.03. The minimum atomic E-state index is -0.459. The van der Waals surface area contributed by atoms with Gasteiger partial charge in [-0.1, -0.05) is 41.9 Å². The number of hydrogen-bond acceptors (Lipinski definition) is 2. The quantitative estimate of drug-likeness (QED) is 0.685. The van der Waals surface area contributed by atoms with Crippen LogP contribution in [0.4, 0.5) is 4.39 Å². The number of amides is 1. The number of H-pyrrole nitrogens is 1. The summed E-state index contributed by atoms with van der Waals surface area (Å²) in [6, 6.07) is 11.5. The third kappa shape index (κ3) is 3.48. The van der Waals surface area contributed by atoms with Gasteiger partial charge in [0.25, 0.3) is 5.91 Å². The van der Waals surface area contributed by atoms with Crippen LogP contribution < -0.4 is 5.32 Å². The van der Waals surface area contributed by atoms with Crippen molar-refractivity contribution >= 4 is 32.9 Å². The highest BCUT2D eigenvalue weighted by atomic mass is 79.9. The molecule has 0 radical (unpaired) electrons. The van der Waals surface area contributed by atoms with Crippen LogP contribution in [0.25, 0.3) is 11.0 Å². The Balaban J connectivity index is 1.89. The molecule has 6 heteroatoms. The van der Waals surface area contributed by atoms with Crippen LogP contribution in [-0.4, -0.2) is 15.9 Å². The van der Waals surface area contributed by atoms with Crippen LogP contribution >= 0.6 is 15.9 Å². The van der Waals surface area contributed by atoms with Crippen molar-refractivity contribution < 1.29 is 9.18 Å². The van der Waals surface area contributed by atoms with Crippen molar-refractivity contribution in [2.45, 2.75) is 19.9 Å². The molecule has 24 heavy (non-hydrogen) atoms. The van der Waals surface area contributed by atoms with Crippen molar-refractivity contribution in [3.8, 4) is 0 Å². The molecule has 1 amide bonds. The van der Waals surface area contributed by atoms with E-state index in [1.165, 1.54) is 12.1 Å². The van der Waals surface area contributed by atoms with Crippen molar-refractivity contribution in [1.82, 2.24) is 15.3 Å². The lowest BCUT2D eigenvalue weighted by molar-refractivity contribution is 0.0923. The number of hydrogen-bond donors (Lipinski definition) is 2. The average Bonchev–Trinajstić information content (AvgIpc) is 2.94. The number of carbonyl (C=O) groups is 1. The first-order valence-electron chi connectivity index (χ1n) is 7.65. The molecule has 0 bridgehead atoms. The summed E-state index contributed by atoms with van der Waals surface area (Å²) < 4.78 is 14.0. The van der Waals surface area contributed by atoms with Gasteiger partial charge in [-0.15, -0.1) is 0 Å². The molecule has 2 N–H and O–H groups in total. The van der Waals surface area contributed by atoms with Gasteiger partial charge >= 0.3 is 0 Å². The van der Waals surface area contributed by atoms with Crippen LogP contribution in [-0.2, 0) is 0 Å². The topological polar surface area (TPSA) is 57.8 Å². The molecule has 0 spiro atoms. The Hall–Kier alpha value is -2.21. The van der Waals surface area contributed by atoms with Gasteiger partial charge in [0.1, 0.15) is 11.6 Å². The molecule has 0 saturated heterocycles. The van der Waals surface area contributed by atoms with Crippen LogP contribution in [0.2, 0.25) is 0 Å². The molecule has 1 aromatic heterocycles. The van der Waals surface area contributed by atoms with Gasteiger partial charge in [0.15, 0.2) is 0 Å². The highest BCUT2D eigenvalue weighted by Crippen LogP contribution is 2.23. The van der Waals surface area contributed by atoms with Crippen molar-refractivity contribution in [2.75, 3.05) is 0 Å². The first-order chi connectivity index (χ1) is 11.4. The summed E-state index contributed by atoms with van der Waals surface area (Å²) in [7, 11) is 0. The summed E-state index contributed by atoms with van der Waals surface area (Å²) in [4.78, 5) is 20.3. The second-order valence-corrected chi connectivity index (χ2v) is 6.91. The zero-order valence-electron chi connectivity index (χ0n) is 13.3. The predicted molar refractivity (Wildman–Crippen MR) is 95.2 cm³/mol. The van der Waals surface area contributed by atoms with E-state index in [0.717, 1.165) is 11.0 Å². The van der Waals surface area contributed by atoms with Gasteiger partial charge in [0, 0.05) is 10.0 Å². The molecule has 0 saturated carbocycles. The van der Waals surface area contributed by atoms with Crippen LogP contribution in [0.1, 0.15) is 36.1 Å². The third-order valence-corrected chi connectivity index (χ3v) is 4.24. The normalized spacial score (nSPS) is 12.5. The molecule has 1 atom stereocenters. The fourth-order valence-corrected chi connectivity index (χ4v) is 3.05. The number of nitrogens with one attached hydrogen (secondary N) is 2. The van der Waals surface area contributed by atoms with E-state index in [0.29, 0.717) is 10.3 Å². The van der Waals surface area contributed by atoms with Gasteiger partial charge < -0.3 is 10.3 Å². The number of rotatable bonds is 4. The van der Waals surface area contributed by atoms with Crippen molar-refractivity contribution in [2.24, 2.45) is 5.92 Å². The summed E-state index contributed by atoms with van der Waals surface area (Å²) in [6.07, 6.45) is 0. The Morgan fingerprint density at radius 1 is 1.25 bits per heavy atom. The second kappa shape index (κ2) is 6.73. The number of nitrogens with zero attached hydrogens (tertiary/aromatic N) is 1. The van der Waals surface area contributed by atoms with Crippen LogP contribution in [0.15, 0.2) is 46.9 Å². The Bertz CT molecular complexity index is 838. The SMILES string of the molecule is CC(C)[C@H](NC(=O)c1cc(F)cc(Br)c1)c1nc2ccccc2[nH]1. The molecule has 0 aliphatic rings. The van der Waals surface area contributed by atoms with E-state index < -0.39 is 5.82 Å². The Morgan fingerprint density at radius 3 is 2.67 bits per heavy atom. The maximum Gasteiger partial charge on any atom is 0.252 e. The van der Waals surface area contributed by atoms with E-state index in [9.17, 15) is 9.18 Å². The number of benzene rings is 2. The van der Waals surface area contributed by atoms with Crippen molar-refractivity contribution in [1.29, 1.82) is 0 Å². The first-order valence-corrected chi connectivity index (χ1v) is 8.45. The highest BCUT2D eigenvalue weighted by molar-refractivity contribution is 9.10. The van der Waals surface area contributed by atoms with Crippen LogP contribution in [0.3, 0.4) is 0 Å². The summed E-state index contributed by atoms with van der Waals surface area (Å²) in [6.45, 7) is 4.00. The summed E-state index contributed by atoms with van der Waals surface area (Å²) in [5, 5.41) is 2.94. The van der Waals surface area contributed by atoms with E-state index in [1.807, 2.05) is 38.1 Å². The highest BCUT2D eigenvalue weighted by Gasteiger charge is 2.22. The minimum absolute atomic E-state index is 0.117. The standard InChI is InChI=1S/C18H17BrFN3O/c1-10(2)16(17-21-14-5-3-4-6-15(14)22-17)23-18(24)11-7-12(19)9-13(20)8-11/h3-10,16H,1-2H3,(H,21,22)(H,23,24)/t16-/m0/s1. The fraction of sp³-hybridized carbons (Fsp3) is 0.222. The number of aromatic amines is 1. The van der Waals surface area contributed by atoms with Gasteiger partial charge in [-0.25, -0.2) is 9.37 Å². The summed E-state index contributed by atoms with van der Waals surface area (Å²) >= 11 is 3.21. The predicted octanol–water partition coefficient (Wildman–Crippen LogP) is 4.59. The molecule has 0 unspecified atom stereocenters. The Labute approximate surface area is 147 Å².